The molecule has 0 N–H and O–H groups in total. The molecule has 5 heterocycles. The molecular weight excluding hydrogens is 752 g/mol. The SMILES string of the molecule is Cc1cc2c3c(c1)c1cc(C)c(Oc4[c-]c(C5=N[C@@H]6CCC[C@@H]6O5)cc(-c5ccccn5)c4)[c-]c1n3-c1ncccc1C2(C)C.[Pt+2]. The Morgan fingerprint density at radius 2 is 1.78 bits per heavy atom. The van der Waals surface area contributed by atoms with E-state index in [4.69, 9.17) is 19.5 Å². The van der Waals surface area contributed by atoms with E-state index in [0.717, 1.165) is 58.4 Å². The van der Waals surface area contributed by atoms with E-state index in [1.807, 2.05) is 42.6 Å². The van der Waals surface area contributed by atoms with Gasteiger partial charge in [-0.2, -0.15) is 6.07 Å². The number of nitrogens with zero attached hydrogens (tertiary/aromatic N) is 4. The van der Waals surface area contributed by atoms with Crippen molar-refractivity contribution < 1.29 is 30.5 Å². The molecule has 7 heteroatoms. The maximum atomic E-state index is 6.69. The Hall–Kier alpha value is -4.28. The fourth-order valence-electron chi connectivity index (χ4n) is 7.50. The summed E-state index contributed by atoms with van der Waals surface area (Å²) in [6.45, 7) is 8.84. The van der Waals surface area contributed by atoms with Gasteiger partial charge in [-0.05, 0) is 55.3 Å². The summed E-state index contributed by atoms with van der Waals surface area (Å²) < 4.78 is 15.3. The molecule has 3 aromatic carbocycles. The van der Waals surface area contributed by atoms with Crippen molar-refractivity contribution in [1.29, 1.82) is 0 Å². The third-order valence-electron chi connectivity index (χ3n) is 9.75. The topological polar surface area (TPSA) is 61.5 Å². The molecule has 0 unspecified atom stereocenters. The number of ether oxygens (including phenoxy) is 2. The predicted molar refractivity (Wildman–Crippen MR) is 177 cm³/mol. The Kier molecular flexibility index (Phi) is 6.74. The minimum absolute atomic E-state index is 0. The van der Waals surface area contributed by atoms with Gasteiger partial charge in [-0.1, -0.05) is 79.4 Å². The van der Waals surface area contributed by atoms with Gasteiger partial charge in [0.05, 0.1) is 11.7 Å². The minimum Gasteiger partial charge on any atom is -0.515 e. The van der Waals surface area contributed by atoms with Gasteiger partial charge in [0.25, 0.3) is 0 Å². The normalized spacial score (nSPS) is 18.9. The van der Waals surface area contributed by atoms with Crippen LogP contribution in [0, 0.1) is 26.0 Å². The van der Waals surface area contributed by atoms with Gasteiger partial charge in [0.1, 0.15) is 17.8 Å². The first-order chi connectivity index (χ1) is 21.8. The molecule has 6 nitrogen and oxygen atoms in total. The molecule has 3 aliphatic rings. The maximum absolute atomic E-state index is 6.69. The van der Waals surface area contributed by atoms with E-state index in [0.29, 0.717) is 17.4 Å². The number of fused-ring (bicyclic) bond motifs is 6. The second-order valence-electron chi connectivity index (χ2n) is 13.1. The molecule has 0 radical (unpaired) electrons. The van der Waals surface area contributed by atoms with E-state index in [2.05, 4.69) is 73.6 Å². The largest absolute Gasteiger partial charge is 2.00 e. The van der Waals surface area contributed by atoms with Gasteiger partial charge in [-0.25, -0.2) is 4.98 Å². The van der Waals surface area contributed by atoms with E-state index in [-0.39, 0.29) is 38.6 Å². The van der Waals surface area contributed by atoms with Crippen LogP contribution in [-0.2, 0) is 31.2 Å². The van der Waals surface area contributed by atoms with E-state index in [1.54, 1.807) is 6.20 Å². The van der Waals surface area contributed by atoms with Crippen LogP contribution in [-0.4, -0.2) is 32.6 Å². The fraction of sp³-hybridized carbons (Fsp3) is 0.256. The van der Waals surface area contributed by atoms with Crippen LogP contribution < -0.4 is 4.74 Å². The molecule has 0 bridgehead atoms. The third kappa shape index (κ3) is 4.37. The summed E-state index contributed by atoms with van der Waals surface area (Å²) in [6.07, 6.45) is 7.10. The van der Waals surface area contributed by atoms with E-state index in [9.17, 15) is 0 Å². The van der Waals surface area contributed by atoms with Gasteiger partial charge in [0, 0.05) is 40.4 Å². The zero-order valence-corrected chi connectivity index (χ0v) is 28.4. The van der Waals surface area contributed by atoms with Crippen molar-refractivity contribution in [2.24, 2.45) is 4.99 Å². The number of hydrogen-bond acceptors (Lipinski definition) is 5. The van der Waals surface area contributed by atoms with E-state index in [1.165, 1.54) is 27.6 Å². The minimum atomic E-state index is -0.187. The summed E-state index contributed by atoms with van der Waals surface area (Å²) in [5.41, 5.74) is 9.23. The molecule has 6 aromatic rings. The number of aliphatic imine (C=N–C) groups is 1. The Morgan fingerprint density at radius 3 is 2.61 bits per heavy atom. The molecule has 1 aliphatic carbocycles. The van der Waals surface area contributed by atoms with Crippen LogP contribution in [0.25, 0.3) is 38.9 Å². The Balaban J connectivity index is 0.00000312. The van der Waals surface area contributed by atoms with Crippen molar-refractivity contribution in [3.63, 3.8) is 0 Å². The molecule has 9 rings (SSSR count). The first-order valence-electron chi connectivity index (χ1n) is 15.7. The summed E-state index contributed by atoms with van der Waals surface area (Å²) in [5.74, 6) is 2.80. The van der Waals surface area contributed by atoms with Gasteiger partial charge in [-0.15, -0.1) is 23.1 Å². The van der Waals surface area contributed by atoms with Crippen molar-refractivity contribution in [3.8, 4) is 28.6 Å². The Morgan fingerprint density at radius 1 is 0.913 bits per heavy atom. The van der Waals surface area contributed by atoms with Crippen molar-refractivity contribution in [2.45, 2.75) is 64.5 Å². The van der Waals surface area contributed by atoms with Gasteiger partial charge >= 0.3 is 21.1 Å². The van der Waals surface area contributed by atoms with Gasteiger partial charge in [0.2, 0.25) is 0 Å². The van der Waals surface area contributed by atoms with Crippen LogP contribution in [0.2, 0.25) is 0 Å². The van der Waals surface area contributed by atoms with Gasteiger partial charge in [0.15, 0.2) is 0 Å². The van der Waals surface area contributed by atoms with Crippen molar-refractivity contribution in [2.75, 3.05) is 0 Å². The maximum Gasteiger partial charge on any atom is 2.00 e. The second-order valence-corrected chi connectivity index (χ2v) is 13.1. The smallest absolute Gasteiger partial charge is 0.515 e. The zero-order valence-electron chi connectivity index (χ0n) is 26.1. The summed E-state index contributed by atoms with van der Waals surface area (Å²) >= 11 is 0. The average molecular weight is 784 g/mol. The first kappa shape index (κ1) is 29.1. The molecule has 3 aromatic heterocycles. The standard InChI is InChI=1S/C39H32N4O2.Pt/c1-22-15-28-27-17-23(2)35(21-33(27)43-36(28)30(16-22)39(3,4)29-9-8-14-41-37(29)43)44-26-19-24(31-10-5-6-13-40-31)18-25(20-26)38-42-32-11-7-12-34(32)45-38;/h5-6,8-10,13-19,32,34H,7,11-12H2,1-4H3;/q-2;+2/t32-,34+;/m1./s1. The summed E-state index contributed by atoms with van der Waals surface area (Å²) in [6, 6.07) is 28.4. The number of rotatable bonds is 4. The first-order valence-corrected chi connectivity index (χ1v) is 15.7. The summed E-state index contributed by atoms with van der Waals surface area (Å²) in [7, 11) is 0. The second kappa shape index (κ2) is 10.6. The molecular formula is C39H32N4O2Pt. The molecule has 0 saturated heterocycles. The van der Waals surface area contributed by atoms with Crippen LogP contribution in [0.15, 0.2) is 78.0 Å². The molecule has 1 saturated carbocycles. The Labute approximate surface area is 282 Å². The molecule has 0 amide bonds. The molecule has 0 spiro atoms. The molecule has 230 valence electrons. The van der Waals surface area contributed by atoms with Crippen LogP contribution in [0.4, 0.5) is 0 Å². The average Bonchev–Trinajstić information content (AvgIpc) is 3.74. The van der Waals surface area contributed by atoms with E-state index >= 15 is 0 Å². The number of hydrogen-bond donors (Lipinski definition) is 0. The van der Waals surface area contributed by atoms with Crippen LogP contribution in [0.3, 0.4) is 0 Å². The number of pyridine rings is 2. The quantitative estimate of drug-likeness (QED) is 0.168. The molecule has 2 aliphatic heterocycles. The van der Waals surface area contributed by atoms with Crippen LogP contribution in [0.5, 0.6) is 11.5 Å². The third-order valence-corrected chi connectivity index (χ3v) is 9.75. The number of aromatic nitrogens is 3. The van der Waals surface area contributed by atoms with Crippen molar-refractivity contribution >= 4 is 27.7 Å². The van der Waals surface area contributed by atoms with Crippen LogP contribution in [0.1, 0.15) is 60.9 Å². The summed E-state index contributed by atoms with van der Waals surface area (Å²) in [4.78, 5) is 14.5. The van der Waals surface area contributed by atoms with Gasteiger partial charge in [-0.3, -0.25) is 9.98 Å². The van der Waals surface area contributed by atoms with E-state index < -0.39 is 0 Å². The predicted octanol–water partition coefficient (Wildman–Crippen LogP) is 8.58. The fourth-order valence-corrected chi connectivity index (χ4v) is 7.50. The number of benzene rings is 3. The van der Waals surface area contributed by atoms with Crippen molar-refractivity contribution in [3.05, 3.63) is 113 Å². The zero-order chi connectivity index (χ0) is 30.4. The summed E-state index contributed by atoms with van der Waals surface area (Å²) in [5, 5.41) is 2.35. The van der Waals surface area contributed by atoms with Crippen LogP contribution >= 0.6 is 0 Å². The molecule has 46 heavy (non-hydrogen) atoms. The van der Waals surface area contributed by atoms with Crippen molar-refractivity contribution in [1.82, 2.24) is 14.5 Å². The number of aryl methyl sites for hydroxylation is 2. The molecule has 1 fully saturated rings. The Bertz CT molecular complexity index is 2220. The van der Waals surface area contributed by atoms with Gasteiger partial charge < -0.3 is 14.0 Å². The molecule has 2 atom stereocenters. The monoisotopic (exact) mass is 783 g/mol.